The topological polar surface area (TPSA) is 51.0 Å². The Labute approximate surface area is 153 Å². The number of hydrogen-bond donors (Lipinski definition) is 0. The van der Waals surface area contributed by atoms with Gasteiger partial charge in [0.15, 0.2) is 0 Å². The van der Waals surface area contributed by atoms with Crippen molar-refractivity contribution in [2.75, 3.05) is 7.05 Å². The van der Waals surface area contributed by atoms with E-state index in [2.05, 4.69) is 14.5 Å². The van der Waals surface area contributed by atoms with E-state index in [1.165, 1.54) is 19.3 Å². The molecule has 0 spiro atoms. The lowest BCUT2D eigenvalue weighted by atomic mass is 9.94. The first-order chi connectivity index (χ1) is 12.7. The van der Waals surface area contributed by atoms with Crippen molar-refractivity contribution >= 4 is 16.9 Å². The highest BCUT2D eigenvalue weighted by Crippen LogP contribution is 2.23. The lowest BCUT2D eigenvalue weighted by molar-refractivity contribution is 0.0696. The van der Waals surface area contributed by atoms with Crippen LogP contribution in [0.5, 0.6) is 0 Å². The van der Waals surface area contributed by atoms with Crippen LogP contribution >= 0.6 is 0 Å². The molecule has 0 atom stereocenters. The largest absolute Gasteiger partial charge is 0.339 e. The number of benzene rings is 1. The molecule has 0 aliphatic heterocycles. The maximum Gasteiger partial charge on any atom is 0.253 e. The Kier molecular flexibility index (Phi) is 4.69. The van der Waals surface area contributed by atoms with E-state index < -0.39 is 0 Å². The van der Waals surface area contributed by atoms with Gasteiger partial charge in [0.05, 0.1) is 18.0 Å². The molecule has 0 radical (unpaired) electrons. The van der Waals surface area contributed by atoms with Gasteiger partial charge in [-0.15, -0.1) is 0 Å². The number of imidazole rings is 1. The summed E-state index contributed by atoms with van der Waals surface area (Å²) in [5, 5.41) is 0. The molecule has 5 heteroatoms. The average Bonchev–Trinajstić information content (AvgIpc) is 3.11. The molecule has 0 unspecified atom stereocenters. The zero-order valence-corrected chi connectivity index (χ0v) is 15.1. The van der Waals surface area contributed by atoms with Gasteiger partial charge < -0.3 is 9.47 Å². The molecule has 1 aliphatic carbocycles. The first-order valence-electron chi connectivity index (χ1n) is 9.33. The predicted molar refractivity (Wildman–Crippen MR) is 102 cm³/mol. The summed E-state index contributed by atoms with van der Waals surface area (Å²) in [6.45, 7) is 0.730. The maximum absolute atomic E-state index is 12.8. The predicted octanol–water partition coefficient (Wildman–Crippen LogP) is 3.88. The molecule has 1 saturated carbocycles. The summed E-state index contributed by atoms with van der Waals surface area (Å²) < 4.78 is 2.10. The molecule has 1 aliphatic rings. The van der Waals surface area contributed by atoms with Crippen molar-refractivity contribution in [3.63, 3.8) is 0 Å². The summed E-state index contributed by atoms with van der Waals surface area (Å²) in [4.78, 5) is 23.2. The minimum absolute atomic E-state index is 0.127. The first kappa shape index (κ1) is 16.8. The number of carbonyl (C=O) groups excluding carboxylic acids is 1. The minimum Gasteiger partial charge on any atom is -0.339 e. The molecule has 1 aromatic carbocycles. The monoisotopic (exact) mass is 348 g/mol. The molecule has 0 N–H and O–H groups in total. The Morgan fingerprint density at radius 1 is 1.15 bits per heavy atom. The number of pyridine rings is 1. The summed E-state index contributed by atoms with van der Waals surface area (Å²) in [6.07, 6.45) is 11.4. The summed E-state index contributed by atoms with van der Waals surface area (Å²) in [5.74, 6) is 0.127. The number of nitrogens with zero attached hydrogens (tertiary/aromatic N) is 4. The molecule has 5 nitrogen and oxygen atoms in total. The Hall–Kier alpha value is -2.69. The number of hydrogen-bond acceptors (Lipinski definition) is 3. The molecule has 2 aromatic heterocycles. The van der Waals surface area contributed by atoms with Crippen LogP contribution in [0.3, 0.4) is 0 Å². The lowest BCUT2D eigenvalue weighted by Gasteiger charge is -2.31. The molecule has 26 heavy (non-hydrogen) atoms. The van der Waals surface area contributed by atoms with Crippen LogP contribution in [0.4, 0.5) is 0 Å². The highest BCUT2D eigenvalue weighted by atomic mass is 16.2. The van der Waals surface area contributed by atoms with Gasteiger partial charge >= 0.3 is 0 Å². The molecule has 4 rings (SSSR count). The van der Waals surface area contributed by atoms with Gasteiger partial charge in [0.2, 0.25) is 0 Å². The number of carbonyl (C=O) groups is 1. The first-order valence-corrected chi connectivity index (χ1v) is 9.33. The molecular weight excluding hydrogens is 324 g/mol. The molecule has 3 aromatic rings. The third-order valence-electron chi connectivity index (χ3n) is 5.42. The number of rotatable bonds is 4. The number of amides is 1. The van der Waals surface area contributed by atoms with Gasteiger partial charge in [0.1, 0.15) is 5.52 Å². The molecule has 1 fully saturated rings. The third-order valence-corrected chi connectivity index (χ3v) is 5.42. The lowest BCUT2D eigenvalue weighted by Crippen LogP contribution is -2.38. The van der Waals surface area contributed by atoms with Crippen molar-refractivity contribution in [1.82, 2.24) is 19.4 Å². The Bertz CT molecular complexity index is 894. The van der Waals surface area contributed by atoms with Gasteiger partial charge in [-0.25, -0.2) is 4.98 Å². The van der Waals surface area contributed by atoms with Crippen LogP contribution in [-0.2, 0) is 6.54 Å². The summed E-state index contributed by atoms with van der Waals surface area (Å²) in [7, 11) is 1.94. The smallest absolute Gasteiger partial charge is 0.253 e. The maximum atomic E-state index is 12.8. The number of aromatic nitrogens is 3. The SMILES string of the molecule is CN(C(=O)c1ccc(Cn2cnc3cnccc32)cc1)C1CCCCC1. The highest BCUT2D eigenvalue weighted by molar-refractivity contribution is 5.94. The van der Waals surface area contributed by atoms with Crippen molar-refractivity contribution in [2.24, 2.45) is 0 Å². The highest BCUT2D eigenvalue weighted by Gasteiger charge is 2.22. The van der Waals surface area contributed by atoms with E-state index in [0.717, 1.165) is 41.5 Å². The van der Waals surface area contributed by atoms with Crippen LogP contribution in [0.25, 0.3) is 11.0 Å². The minimum atomic E-state index is 0.127. The second kappa shape index (κ2) is 7.28. The Balaban J connectivity index is 1.47. The van der Waals surface area contributed by atoms with Crippen LogP contribution in [-0.4, -0.2) is 38.4 Å². The Morgan fingerprint density at radius 2 is 1.92 bits per heavy atom. The molecule has 134 valence electrons. The van der Waals surface area contributed by atoms with E-state index in [0.29, 0.717) is 6.04 Å². The Morgan fingerprint density at radius 3 is 2.69 bits per heavy atom. The summed E-state index contributed by atoms with van der Waals surface area (Å²) in [6, 6.07) is 10.3. The van der Waals surface area contributed by atoms with Gasteiger partial charge in [-0.05, 0) is 36.6 Å². The van der Waals surface area contributed by atoms with E-state index in [4.69, 9.17) is 0 Å². The van der Waals surface area contributed by atoms with E-state index in [-0.39, 0.29) is 5.91 Å². The molecule has 0 bridgehead atoms. The van der Waals surface area contributed by atoms with Gasteiger partial charge in [-0.1, -0.05) is 31.4 Å². The second-order valence-electron chi connectivity index (χ2n) is 7.14. The standard InChI is InChI=1S/C21H24N4O/c1-24(18-5-3-2-4-6-18)21(26)17-9-7-16(8-10-17)14-25-15-23-19-13-22-12-11-20(19)25/h7-13,15,18H,2-6,14H2,1H3. The third kappa shape index (κ3) is 3.34. The van der Waals surface area contributed by atoms with Crippen molar-refractivity contribution in [2.45, 2.75) is 44.7 Å². The fourth-order valence-electron chi connectivity index (χ4n) is 3.83. The van der Waals surface area contributed by atoms with Crippen molar-refractivity contribution in [3.8, 4) is 0 Å². The van der Waals surface area contributed by atoms with Gasteiger partial charge in [0.25, 0.3) is 5.91 Å². The van der Waals surface area contributed by atoms with Crippen LogP contribution in [0.2, 0.25) is 0 Å². The molecular formula is C21H24N4O. The fourth-order valence-corrected chi connectivity index (χ4v) is 3.83. The zero-order valence-electron chi connectivity index (χ0n) is 15.1. The van der Waals surface area contributed by atoms with Gasteiger partial charge in [-0.3, -0.25) is 9.78 Å². The van der Waals surface area contributed by atoms with Gasteiger partial charge in [-0.2, -0.15) is 0 Å². The fraction of sp³-hybridized carbons (Fsp3) is 0.381. The zero-order chi connectivity index (χ0) is 17.9. The van der Waals surface area contributed by atoms with Crippen LogP contribution in [0.15, 0.2) is 49.1 Å². The van der Waals surface area contributed by atoms with Crippen LogP contribution in [0, 0.1) is 0 Å². The van der Waals surface area contributed by atoms with E-state index in [1.807, 2.05) is 48.6 Å². The van der Waals surface area contributed by atoms with Crippen molar-refractivity contribution < 1.29 is 4.79 Å². The molecule has 0 saturated heterocycles. The molecule has 2 heterocycles. The average molecular weight is 348 g/mol. The van der Waals surface area contributed by atoms with E-state index in [9.17, 15) is 4.79 Å². The normalized spacial score (nSPS) is 15.3. The number of fused-ring (bicyclic) bond motifs is 1. The summed E-state index contributed by atoms with van der Waals surface area (Å²) in [5.41, 5.74) is 3.88. The molecule has 1 amide bonds. The van der Waals surface area contributed by atoms with Crippen LogP contribution < -0.4 is 0 Å². The quantitative estimate of drug-likeness (QED) is 0.719. The van der Waals surface area contributed by atoms with Gasteiger partial charge in [0, 0.05) is 31.4 Å². The second-order valence-corrected chi connectivity index (χ2v) is 7.14. The van der Waals surface area contributed by atoms with Crippen molar-refractivity contribution in [3.05, 3.63) is 60.2 Å². The van der Waals surface area contributed by atoms with Crippen molar-refractivity contribution in [1.29, 1.82) is 0 Å². The summed E-state index contributed by atoms with van der Waals surface area (Å²) >= 11 is 0. The van der Waals surface area contributed by atoms with Crippen LogP contribution in [0.1, 0.15) is 48.0 Å². The van der Waals surface area contributed by atoms with E-state index in [1.54, 1.807) is 12.4 Å². The van der Waals surface area contributed by atoms with E-state index >= 15 is 0 Å².